The second-order valence-corrected chi connectivity index (χ2v) is 9.65. The summed E-state index contributed by atoms with van der Waals surface area (Å²) in [5.74, 6) is 1.26. The third kappa shape index (κ3) is 4.77. The molecule has 30 heavy (non-hydrogen) atoms. The van der Waals surface area contributed by atoms with Gasteiger partial charge in [-0.1, -0.05) is 23.7 Å². The van der Waals surface area contributed by atoms with E-state index in [9.17, 15) is 9.59 Å². The van der Waals surface area contributed by atoms with Crippen molar-refractivity contribution < 1.29 is 9.59 Å². The van der Waals surface area contributed by atoms with Gasteiger partial charge in [-0.25, -0.2) is 4.98 Å². The quantitative estimate of drug-likeness (QED) is 0.478. The van der Waals surface area contributed by atoms with Gasteiger partial charge >= 0.3 is 0 Å². The van der Waals surface area contributed by atoms with Gasteiger partial charge in [0, 0.05) is 16.3 Å². The molecule has 1 aliphatic heterocycles. The van der Waals surface area contributed by atoms with Gasteiger partial charge in [0.15, 0.2) is 0 Å². The van der Waals surface area contributed by atoms with Crippen molar-refractivity contribution in [3.63, 3.8) is 0 Å². The van der Waals surface area contributed by atoms with Gasteiger partial charge in [-0.15, -0.1) is 11.8 Å². The van der Waals surface area contributed by atoms with E-state index in [-0.39, 0.29) is 24.3 Å². The van der Waals surface area contributed by atoms with Crippen LogP contribution < -0.4 is 10.6 Å². The molecule has 6 nitrogen and oxygen atoms in total. The molecule has 0 bridgehead atoms. The zero-order chi connectivity index (χ0) is 21.1. The van der Waals surface area contributed by atoms with E-state index < -0.39 is 5.25 Å². The highest BCUT2D eigenvalue weighted by atomic mass is 35.5. The summed E-state index contributed by atoms with van der Waals surface area (Å²) in [5.41, 5.74) is 2.50. The molecular weight excluding hydrogens is 440 g/mol. The zero-order valence-corrected chi connectivity index (χ0v) is 18.7. The summed E-state index contributed by atoms with van der Waals surface area (Å²) in [7, 11) is 0. The molecule has 4 rings (SSSR count). The number of thioether (sulfide) groups is 2. The molecule has 1 aromatic heterocycles. The first-order valence-corrected chi connectivity index (χ1v) is 12.2. The van der Waals surface area contributed by atoms with Crippen LogP contribution in [0, 0.1) is 0 Å². The standard InChI is InChI=1S/C21H21ClN4O2S2/c1-29-9-8-15(20-24-13-4-2-3-5-14(13)25-20)23-19(27)11-18-21(28)26-16-10-12(22)6-7-17(16)30-18/h2-7,10,15,18H,8-9,11H2,1H3,(H,23,27)(H,24,25)(H,26,28). The summed E-state index contributed by atoms with van der Waals surface area (Å²) >= 11 is 9.10. The summed E-state index contributed by atoms with van der Waals surface area (Å²) in [4.78, 5) is 34.1. The number of aromatic nitrogens is 2. The Labute approximate surface area is 187 Å². The summed E-state index contributed by atoms with van der Waals surface area (Å²) in [5, 5.41) is 5.99. The summed E-state index contributed by atoms with van der Waals surface area (Å²) in [6, 6.07) is 12.9. The molecule has 3 aromatic rings. The lowest BCUT2D eigenvalue weighted by atomic mass is 10.2. The average Bonchev–Trinajstić information content (AvgIpc) is 3.16. The Morgan fingerprint density at radius 3 is 2.97 bits per heavy atom. The highest BCUT2D eigenvalue weighted by Gasteiger charge is 2.30. The number of halogens is 1. The van der Waals surface area contributed by atoms with Crippen LogP contribution in [-0.4, -0.2) is 39.0 Å². The molecular formula is C21H21ClN4O2S2. The zero-order valence-electron chi connectivity index (χ0n) is 16.3. The number of carbonyl (C=O) groups excluding carboxylic acids is 2. The Bertz CT molecular complexity index is 1050. The highest BCUT2D eigenvalue weighted by molar-refractivity contribution is 8.01. The Balaban J connectivity index is 1.46. The van der Waals surface area contributed by atoms with Gasteiger partial charge in [-0.2, -0.15) is 11.8 Å². The second-order valence-electron chi connectivity index (χ2n) is 6.98. The molecule has 2 amide bonds. The Kier molecular flexibility index (Phi) is 6.55. The number of H-pyrrole nitrogens is 1. The molecule has 0 spiro atoms. The minimum atomic E-state index is -0.490. The normalized spacial score (nSPS) is 16.7. The lowest BCUT2D eigenvalue weighted by Crippen LogP contribution is -2.36. The first-order valence-electron chi connectivity index (χ1n) is 9.53. The van der Waals surface area contributed by atoms with Crippen molar-refractivity contribution in [2.45, 2.75) is 29.0 Å². The number of anilines is 1. The Morgan fingerprint density at radius 1 is 1.33 bits per heavy atom. The molecule has 0 fully saturated rings. The third-order valence-corrected chi connectivity index (χ3v) is 6.97. The monoisotopic (exact) mass is 460 g/mol. The molecule has 156 valence electrons. The van der Waals surface area contributed by atoms with Crippen molar-refractivity contribution in [1.82, 2.24) is 15.3 Å². The van der Waals surface area contributed by atoms with E-state index in [1.165, 1.54) is 11.8 Å². The number of carbonyl (C=O) groups is 2. The minimum absolute atomic E-state index is 0.0918. The number of fused-ring (bicyclic) bond motifs is 2. The molecule has 2 heterocycles. The van der Waals surface area contributed by atoms with Gasteiger partial charge in [0.05, 0.1) is 28.0 Å². The largest absolute Gasteiger partial charge is 0.346 e. The van der Waals surface area contributed by atoms with E-state index in [1.807, 2.05) is 36.6 Å². The number of aromatic amines is 1. The van der Waals surface area contributed by atoms with Gasteiger partial charge < -0.3 is 15.6 Å². The first-order chi connectivity index (χ1) is 14.5. The van der Waals surface area contributed by atoms with E-state index in [0.717, 1.165) is 33.9 Å². The molecule has 2 aromatic carbocycles. The third-order valence-electron chi connectivity index (χ3n) is 4.82. The number of rotatable bonds is 7. The van der Waals surface area contributed by atoms with Crippen LogP contribution >= 0.6 is 35.1 Å². The number of imidazole rings is 1. The molecule has 3 N–H and O–H groups in total. The van der Waals surface area contributed by atoms with Crippen LogP contribution in [-0.2, 0) is 9.59 Å². The number of amides is 2. The number of hydrogen-bond donors (Lipinski definition) is 3. The average molecular weight is 461 g/mol. The van der Waals surface area contributed by atoms with Gasteiger partial charge in [-0.3, -0.25) is 9.59 Å². The second kappa shape index (κ2) is 9.32. The van der Waals surface area contributed by atoms with Gasteiger partial charge in [0.25, 0.3) is 0 Å². The molecule has 9 heteroatoms. The topological polar surface area (TPSA) is 86.9 Å². The lowest BCUT2D eigenvalue weighted by Gasteiger charge is -2.24. The smallest absolute Gasteiger partial charge is 0.238 e. The number of hydrogen-bond acceptors (Lipinski definition) is 5. The molecule has 0 radical (unpaired) electrons. The predicted octanol–water partition coefficient (Wildman–Crippen LogP) is 4.63. The first kappa shape index (κ1) is 21.1. The molecule has 2 atom stereocenters. The molecule has 0 aliphatic carbocycles. The lowest BCUT2D eigenvalue weighted by molar-refractivity contribution is -0.124. The van der Waals surface area contributed by atoms with Gasteiger partial charge in [0.1, 0.15) is 5.82 Å². The maximum Gasteiger partial charge on any atom is 0.238 e. The fraction of sp³-hybridized carbons (Fsp3) is 0.286. The maximum absolute atomic E-state index is 12.8. The maximum atomic E-state index is 12.8. The highest BCUT2D eigenvalue weighted by Crippen LogP contribution is 2.38. The van der Waals surface area contributed by atoms with Gasteiger partial charge in [-0.05, 0) is 48.8 Å². The molecule has 0 saturated carbocycles. The predicted molar refractivity (Wildman–Crippen MR) is 124 cm³/mol. The summed E-state index contributed by atoms with van der Waals surface area (Å²) in [6.45, 7) is 0. The van der Waals surface area contributed by atoms with Crippen LogP contribution in [0.15, 0.2) is 47.4 Å². The van der Waals surface area contributed by atoms with Crippen molar-refractivity contribution in [2.75, 3.05) is 17.3 Å². The van der Waals surface area contributed by atoms with Crippen LogP contribution in [0.5, 0.6) is 0 Å². The van der Waals surface area contributed by atoms with E-state index in [0.29, 0.717) is 10.7 Å². The van der Waals surface area contributed by atoms with Crippen LogP contribution in [0.25, 0.3) is 11.0 Å². The number of nitrogens with one attached hydrogen (secondary N) is 3. The van der Waals surface area contributed by atoms with Crippen molar-refractivity contribution >= 4 is 63.7 Å². The Hall–Kier alpha value is -2.16. The van der Waals surface area contributed by atoms with Crippen molar-refractivity contribution in [3.8, 4) is 0 Å². The van der Waals surface area contributed by atoms with Crippen LogP contribution in [0.4, 0.5) is 5.69 Å². The van der Waals surface area contributed by atoms with Crippen LogP contribution in [0.2, 0.25) is 5.02 Å². The summed E-state index contributed by atoms with van der Waals surface area (Å²) in [6.07, 6.45) is 2.87. The Morgan fingerprint density at radius 2 is 2.17 bits per heavy atom. The van der Waals surface area contributed by atoms with Crippen molar-refractivity contribution in [1.29, 1.82) is 0 Å². The fourth-order valence-corrected chi connectivity index (χ4v) is 5.06. The number of benzene rings is 2. The molecule has 1 aliphatic rings. The van der Waals surface area contributed by atoms with Gasteiger partial charge in [0.2, 0.25) is 11.8 Å². The van der Waals surface area contributed by atoms with E-state index in [4.69, 9.17) is 11.6 Å². The number of para-hydroxylation sites is 2. The summed E-state index contributed by atoms with van der Waals surface area (Å²) < 4.78 is 0. The van der Waals surface area contributed by atoms with E-state index in [2.05, 4.69) is 20.6 Å². The SMILES string of the molecule is CSCCC(NC(=O)CC1Sc2ccc(Cl)cc2NC1=O)c1nc2ccccc2[nH]1. The van der Waals surface area contributed by atoms with Crippen LogP contribution in [0.3, 0.4) is 0 Å². The van der Waals surface area contributed by atoms with Crippen molar-refractivity contribution in [3.05, 3.63) is 53.3 Å². The minimum Gasteiger partial charge on any atom is -0.346 e. The molecule has 0 saturated heterocycles. The van der Waals surface area contributed by atoms with E-state index in [1.54, 1.807) is 23.9 Å². The fourth-order valence-electron chi connectivity index (χ4n) is 3.33. The van der Waals surface area contributed by atoms with E-state index >= 15 is 0 Å². The molecule has 2 unspecified atom stereocenters. The number of nitrogens with zero attached hydrogens (tertiary/aromatic N) is 1. The van der Waals surface area contributed by atoms with Crippen LogP contribution in [0.1, 0.15) is 24.7 Å². The van der Waals surface area contributed by atoms with Crippen molar-refractivity contribution in [2.24, 2.45) is 0 Å².